The Morgan fingerprint density at radius 3 is 1.86 bits per heavy atom. The molecule has 0 rings (SSSR count). The molecule has 0 radical (unpaired) electrons. The van der Waals surface area contributed by atoms with Crippen LogP contribution >= 0.6 is 0 Å². The highest BCUT2D eigenvalue weighted by atomic mass is 28.5. The maximum Gasteiger partial charge on any atom is 0.315 e. The third-order valence-electron chi connectivity index (χ3n) is 3.35. The number of hydrogen-bond acceptors (Lipinski definition) is 3. The first-order valence-corrected chi connectivity index (χ1v) is 19.0. The maximum atomic E-state index is 6.39. The maximum absolute atomic E-state index is 6.39. The van der Waals surface area contributed by atoms with E-state index in [1.54, 1.807) is 0 Å². The smallest absolute Gasteiger partial charge is 0.315 e. The van der Waals surface area contributed by atoms with Crippen LogP contribution in [0.15, 0.2) is 0 Å². The average molecular weight is 367 g/mol. The largest absolute Gasteiger partial charge is 0.442 e. The molecule has 0 aromatic heterocycles. The third-order valence-corrected chi connectivity index (χ3v) is 15.5. The van der Waals surface area contributed by atoms with Gasteiger partial charge in [-0.2, -0.15) is 0 Å². The van der Waals surface area contributed by atoms with E-state index in [4.69, 9.17) is 12.3 Å². The second kappa shape index (κ2) is 12.2. The third kappa shape index (κ3) is 12.9. The van der Waals surface area contributed by atoms with Crippen LogP contribution in [0.25, 0.3) is 0 Å². The van der Waals surface area contributed by atoms with Crippen LogP contribution in [0.5, 0.6) is 0 Å². The lowest BCUT2D eigenvalue weighted by Crippen LogP contribution is -2.47. The Bertz CT molecular complexity index is 254. The summed E-state index contributed by atoms with van der Waals surface area (Å²) in [6.45, 7) is 15.6. The number of unbranched alkanes of at least 4 members (excludes halogenated alkanes) is 5. The van der Waals surface area contributed by atoms with Crippen molar-refractivity contribution in [1.82, 2.24) is 0 Å². The van der Waals surface area contributed by atoms with E-state index in [0.29, 0.717) is 0 Å². The molecule has 3 nitrogen and oxygen atoms in total. The quantitative estimate of drug-likeness (QED) is 0.359. The summed E-state index contributed by atoms with van der Waals surface area (Å²) in [5, 5.41) is 0. The van der Waals surface area contributed by atoms with Crippen molar-refractivity contribution in [3.63, 3.8) is 0 Å². The van der Waals surface area contributed by atoms with Crippen LogP contribution in [0.2, 0.25) is 45.3 Å². The summed E-state index contributed by atoms with van der Waals surface area (Å²) in [7, 11) is -5.51. The van der Waals surface area contributed by atoms with Crippen molar-refractivity contribution in [1.29, 1.82) is 0 Å². The molecular formula is C14H38O3Si4. The Labute approximate surface area is 139 Å². The number of hydrogen-bond donors (Lipinski definition) is 0. The van der Waals surface area contributed by atoms with Gasteiger partial charge in [0, 0.05) is 0 Å². The van der Waals surface area contributed by atoms with Crippen LogP contribution in [-0.2, 0) is 12.3 Å². The van der Waals surface area contributed by atoms with Crippen LogP contribution < -0.4 is 0 Å². The molecule has 0 saturated carbocycles. The van der Waals surface area contributed by atoms with Gasteiger partial charge in [-0.25, -0.2) is 0 Å². The van der Waals surface area contributed by atoms with Gasteiger partial charge in [0.15, 0.2) is 18.1 Å². The first kappa shape index (κ1) is 21.7. The highest BCUT2D eigenvalue weighted by Gasteiger charge is 2.34. The van der Waals surface area contributed by atoms with Crippen LogP contribution in [0.1, 0.15) is 45.4 Å². The van der Waals surface area contributed by atoms with Gasteiger partial charge in [-0.3, -0.25) is 0 Å². The van der Waals surface area contributed by atoms with Gasteiger partial charge in [0.05, 0.1) is 0 Å². The van der Waals surface area contributed by atoms with E-state index < -0.39 is 35.9 Å². The molecule has 7 heteroatoms. The van der Waals surface area contributed by atoms with Gasteiger partial charge >= 0.3 is 8.56 Å². The van der Waals surface area contributed by atoms with Crippen molar-refractivity contribution >= 4 is 35.9 Å². The van der Waals surface area contributed by atoms with Crippen LogP contribution in [-0.4, -0.2) is 35.9 Å². The van der Waals surface area contributed by atoms with Crippen molar-refractivity contribution in [3.05, 3.63) is 0 Å². The van der Waals surface area contributed by atoms with E-state index in [0.717, 1.165) is 6.04 Å². The van der Waals surface area contributed by atoms with E-state index in [1.165, 1.54) is 38.5 Å². The summed E-state index contributed by atoms with van der Waals surface area (Å²) in [5.74, 6) is 0. The average Bonchev–Trinajstić information content (AvgIpc) is 2.31. The van der Waals surface area contributed by atoms with E-state index in [2.05, 4.69) is 46.2 Å². The van der Waals surface area contributed by atoms with Gasteiger partial charge in [0.2, 0.25) is 0 Å². The molecule has 0 saturated heterocycles. The molecule has 0 spiro atoms. The molecule has 2 unspecified atom stereocenters. The highest BCUT2D eigenvalue weighted by molar-refractivity contribution is 6.79. The molecule has 0 aliphatic rings. The standard InChI is InChI=1S/C14H38O3Si4/c1-8-9-10-11-12-13-14-21(7,16-19(4)5)17-20(6)15-18(2)3/h18-20H,8-14H2,1-7H3. The molecule has 0 fully saturated rings. The van der Waals surface area contributed by atoms with Gasteiger partial charge in [0.1, 0.15) is 0 Å². The molecule has 0 heterocycles. The lowest BCUT2D eigenvalue weighted by atomic mass is 10.1. The fourth-order valence-corrected chi connectivity index (χ4v) is 15.8. The van der Waals surface area contributed by atoms with Gasteiger partial charge in [-0.15, -0.1) is 0 Å². The SMILES string of the molecule is CCCCCCCC[Si](C)(O[SiH](C)C)O[SiH](C)O[SiH](C)C. The predicted molar refractivity (Wildman–Crippen MR) is 104 cm³/mol. The van der Waals surface area contributed by atoms with Gasteiger partial charge in [-0.1, -0.05) is 45.4 Å². The molecule has 0 aliphatic heterocycles. The van der Waals surface area contributed by atoms with E-state index in [9.17, 15) is 0 Å². The molecule has 0 N–H and O–H groups in total. The summed E-state index contributed by atoms with van der Waals surface area (Å²) in [6.07, 6.45) is 8.01. The first-order chi connectivity index (χ1) is 9.79. The minimum Gasteiger partial charge on any atom is -0.442 e. The zero-order valence-electron chi connectivity index (χ0n) is 15.4. The molecule has 0 bridgehead atoms. The molecule has 0 aromatic rings. The zero-order chi connectivity index (χ0) is 16.3. The van der Waals surface area contributed by atoms with E-state index >= 15 is 0 Å². The lowest BCUT2D eigenvalue weighted by Gasteiger charge is -2.33. The minimum absolute atomic E-state index is 0.985. The Balaban J connectivity index is 4.21. The predicted octanol–water partition coefficient (Wildman–Crippen LogP) is 4.29. The Morgan fingerprint density at radius 2 is 1.33 bits per heavy atom. The highest BCUT2D eigenvalue weighted by Crippen LogP contribution is 2.21. The van der Waals surface area contributed by atoms with Crippen molar-refractivity contribution in [2.24, 2.45) is 0 Å². The molecule has 2 atom stereocenters. The molecule has 0 aliphatic carbocycles. The Hall–Kier alpha value is 0.748. The normalized spacial score (nSPS) is 16.4. The van der Waals surface area contributed by atoms with Crippen molar-refractivity contribution in [2.45, 2.75) is 90.8 Å². The molecule has 128 valence electrons. The summed E-state index contributed by atoms with van der Waals surface area (Å²) >= 11 is 0. The van der Waals surface area contributed by atoms with Gasteiger partial charge < -0.3 is 12.3 Å². The second-order valence-electron chi connectivity index (χ2n) is 6.69. The molecule has 0 aromatic carbocycles. The monoisotopic (exact) mass is 366 g/mol. The summed E-state index contributed by atoms with van der Waals surface area (Å²) < 4.78 is 18.7. The second-order valence-corrected chi connectivity index (χ2v) is 17.8. The van der Waals surface area contributed by atoms with Crippen LogP contribution in [0.3, 0.4) is 0 Å². The van der Waals surface area contributed by atoms with Crippen molar-refractivity contribution < 1.29 is 12.3 Å². The van der Waals surface area contributed by atoms with E-state index in [-0.39, 0.29) is 0 Å². The fraction of sp³-hybridized carbons (Fsp3) is 1.00. The van der Waals surface area contributed by atoms with Crippen LogP contribution in [0.4, 0.5) is 0 Å². The Morgan fingerprint density at radius 1 is 0.762 bits per heavy atom. The van der Waals surface area contributed by atoms with E-state index in [1.807, 2.05) is 0 Å². The lowest BCUT2D eigenvalue weighted by molar-refractivity contribution is 0.350. The topological polar surface area (TPSA) is 27.7 Å². The molecular weight excluding hydrogens is 328 g/mol. The van der Waals surface area contributed by atoms with Crippen molar-refractivity contribution in [3.8, 4) is 0 Å². The first-order valence-electron chi connectivity index (χ1n) is 8.80. The molecule has 0 amide bonds. The summed E-state index contributed by atoms with van der Waals surface area (Å²) in [5.41, 5.74) is 0. The number of rotatable bonds is 13. The minimum atomic E-state index is -1.99. The zero-order valence-corrected chi connectivity index (χ0v) is 19.9. The van der Waals surface area contributed by atoms with Gasteiger partial charge in [-0.05, 0) is 45.3 Å². The fourth-order valence-electron chi connectivity index (χ4n) is 2.63. The summed E-state index contributed by atoms with van der Waals surface area (Å²) in [6, 6.07) is 1.14. The van der Waals surface area contributed by atoms with Crippen molar-refractivity contribution in [2.75, 3.05) is 0 Å². The molecule has 21 heavy (non-hydrogen) atoms. The van der Waals surface area contributed by atoms with Gasteiger partial charge in [0.25, 0.3) is 9.28 Å². The Kier molecular flexibility index (Phi) is 12.6. The summed E-state index contributed by atoms with van der Waals surface area (Å²) in [4.78, 5) is 0. The van der Waals surface area contributed by atoms with Crippen LogP contribution in [0, 0.1) is 0 Å².